The van der Waals surface area contributed by atoms with Gasteiger partial charge in [0.25, 0.3) is 0 Å². The molecule has 0 saturated heterocycles. The molecule has 0 aromatic carbocycles. The summed E-state index contributed by atoms with van der Waals surface area (Å²) >= 11 is 0. The van der Waals surface area contributed by atoms with Gasteiger partial charge in [0.15, 0.2) is 0 Å². The zero-order valence-corrected chi connectivity index (χ0v) is 8.82. The number of rotatable bonds is 1. The van der Waals surface area contributed by atoms with Crippen LogP contribution in [0.25, 0.3) is 0 Å². The van der Waals surface area contributed by atoms with Crippen molar-refractivity contribution in [3.05, 3.63) is 25.3 Å². The predicted molar refractivity (Wildman–Crippen MR) is 57.2 cm³/mol. The fraction of sp³-hybridized carbons (Fsp3) is 0.667. The topological polar surface area (TPSA) is 0 Å². The molecular weight excluding hydrogens is 144 g/mol. The smallest absolute Gasteiger partial charge is 0.0157 e. The first-order chi connectivity index (χ1) is 5.58. The molecule has 1 atom stereocenters. The van der Waals surface area contributed by atoms with Crippen molar-refractivity contribution in [3.63, 3.8) is 0 Å². The summed E-state index contributed by atoms with van der Waals surface area (Å²) in [5.74, 6) is 0.785. The van der Waals surface area contributed by atoms with E-state index in [0.29, 0.717) is 5.41 Å². The average Bonchev–Trinajstić information content (AvgIpc) is 2.30. The Balaban J connectivity index is 0.000000561. The Kier molecular flexibility index (Phi) is 4.30. The van der Waals surface area contributed by atoms with Crippen molar-refractivity contribution in [2.24, 2.45) is 11.3 Å². The first-order valence-corrected chi connectivity index (χ1v) is 4.75. The molecule has 0 aromatic rings. The van der Waals surface area contributed by atoms with E-state index in [1.165, 1.54) is 24.8 Å². The number of hydrogen-bond acceptors (Lipinski definition) is 0. The SMILES string of the molecule is C=C.C=C1CCC(C)(C)C1CC. The largest absolute Gasteiger partial charge is 0.106 e. The third-order valence-corrected chi connectivity index (χ3v) is 2.93. The molecule has 0 aliphatic heterocycles. The van der Waals surface area contributed by atoms with Crippen molar-refractivity contribution < 1.29 is 0 Å². The Hall–Kier alpha value is -0.520. The van der Waals surface area contributed by atoms with E-state index in [9.17, 15) is 0 Å². The number of hydrogen-bond donors (Lipinski definition) is 0. The summed E-state index contributed by atoms with van der Waals surface area (Å²) in [7, 11) is 0. The van der Waals surface area contributed by atoms with Crippen LogP contribution in [-0.2, 0) is 0 Å². The maximum Gasteiger partial charge on any atom is -0.0157 e. The first-order valence-electron chi connectivity index (χ1n) is 4.75. The van der Waals surface area contributed by atoms with Crippen LogP contribution in [0, 0.1) is 11.3 Å². The van der Waals surface area contributed by atoms with E-state index in [1.807, 2.05) is 0 Å². The Labute approximate surface area is 77.4 Å². The van der Waals surface area contributed by atoms with Crippen LogP contribution in [0.4, 0.5) is 0 Å². The molecule has 0 N–H and O–H groups in total. The molecule has 70 valence electrons. The second kappa shape index (κ2) is 4.49. The van der Waals surface area contributed by atoms with Gasteiger partial charge in [0.2, 0.25) is 0 Å². The van der Waals surface area contributed by atoms with E-state index in [4.69, 9.17) is 0 Å². The van der Waals surface area contributed by atoms with Crippen molar-refractivity contribution in [1.29, 1.82) is 0 Å². The van der Waals surface area contributed by atoms with Crippen molar-refractivity contribution in [3.8, 4) is 0 Å². The van der Waals surface area contributed by atoms with Gasteiger partial charge in [-0.15, -0.1) is 13.2 Å². The highest BCUT2D eigenvalue weighted by Gasteiger charge is 2.35. The molecule has 0 spiro atoms. The second-order valence-electron chi connectivity index (χ2n) is 4.11. The predicted octanol–water partition coefficient (Wildman–Crippen LogP) is 4.19. The fourth-order valence-corrected chi connectivity index (χ4v) is 2.23. The van der Waals surface area contributed by atoms with Crippen molar-refractivity contribution in [2.75, 3.05) is 0 Å². The van der Waals surface area contributed by atoms with Crippen LogP contribution in [0.1, 0.15) is 40.0 Å². The van der Waals surface area contributed by atoms with E-state index in [1.54, 1.807) is 0 Å². The third kappa shape index (κ3) is 2.23. The molecular formula is C12H22. The molecule has 1 aliphatic rings. The lowest BCUT2D eigenvalue weighted by Crippen LogP contribution is -2.16. The zero-order chi connectivity index (χ0) is 9.78. The minimum Gasteiger partial charge on any atom is -0.106 e. The van der Waals surface area contributed by atoms with Crippen LogP contribution in [0.15, 0.2) is 25.3 Å². The molecule has 1 rings (SSSR count). The van der Waals surface area contributed by atoms with Gasteiger partial charge in [-0.1, -0.05) is 32.9 Å². The first kappa shape index (κ1) is 11.5. The van der Waals surface area contributed by atoms with Crippen LogP contribution in [0.3, 0.4) is 0 Å². The van der Waals surface area contributed by atoms with E-state index >= 15 is 0 Å². The van der Waals surface area contributed by atoms with Crippen LogP contribution in [-0.4, -0.2) is 0 Å². The normalized spacial score (nSPS) is 26.2. The highest BCUT2D eigenvalue weighted by atomic mass is 14.4. The van der Waals surface area contributed by atoms with Gasteiger partial charge < -0.3 is 0 Å². The van der Waals surface area contributed by atoms with Gasteiger partial charge in [-0.25, -0.2) is 0 Å². The summed E-state index contributed by atoms with van der Waals surface area (Å²) in [5, 5.41) is 0. The highest BCUT2D eigenvalue weighted by molar-refractivity contribution is 5.11. The van der Waals surface area contributed by atoms with Crippen molar-refractivity contribution in [1.82, 2.24) is 0 Å². The molecule has 0 heteroatoms. The molecule has 1 saturated carbocycles. The summed E-state index contributed by atoms with van der Waals surface area (Å²) in [6.45, 7) is 17.1. The van der Waals surface area contributed by atoms with Crippen LogP contribution < -0.4 is 0 Å². The fourth-order valence-electron chi connectivity index (χ4n) is 2.23. The average molecular weight is 166 g/mol. The molecule has 1 aliphatic carbocycles. The quantitative estimate of drug-likeness (QED) is 0.512. The lowest BCUT2D eigenvalue weighted by molar-refractivity contribution is 0.275. The highest BCUT2D eigenvalue weighted by Crippen LogP contribution is 2.46. The lowest BCUT2D eigenvalue weighted by Gasteiger charge is -2.25. The van der Waals surface area contributed by atoms with Crippen molar-refractivity contribution in [2.45, 2.75) is 40.0 Å². The van der Waals surface area contributed by atoms with Gasteiger partial charge in [-0.05, 0) is 30.6 Å². The molecule has 0 radical (unpaired) electrons. The Morgan fingerprint density at radius 1 is 1.42 bits per heavy atom. The second-order valence-corrected chi connectivity index (χ2v) is 4.11. The summed E-state index contributed by atoms with van der Waals surface area (Å²) in [6, 6.07) is 0. The van der Waals surface area contributed by atoms with Gasteiger partial charge >= 0.3 is 0 Å². The van der Waals surface area contributed by atoms with E-state index in [0.717, 1.165) is 5.92 Å². The summed E-state index contributed by atoms with van der Waals surface area (Å²) in [4.78, 5) is 0. The minimum atomic E-state index is 0.534. The Morgan fingerprint density at radius 3 is 2.08 bits per heavy atom. The maximum atomic E-state index is 4.10. The molecule has 12 heavy (non-hydrogen) atoms. The zero-order valence-electron chi connectivity index (χ0n) is 8.82. The van der Waals surface area contributed by atoms with Gasteiger partial charge in [-0.3, -0.25) is 0 Å². The molecule has 0 amide bonds. The van der Waals surface area contributed by atoms with Crippen molar-refractivity contribution >= 4 is 0 Å². The molecule has 1 fully saturated rings. The molecule has 0 heterocycles. The minimum absolute atomic E-state index is 0.534. The maximum absolute atomic E-state index is 4.10. The lowest BCUT2D eigenvalue weighted by atomic mass is 9.79. The summed E-state index contributed by atoms with van der Waals surface area (Å²) in [6.07, 6.45) is 3.86. The molecule has 1 unspecified atom stereocenters. The summed E-state index contributed by atoms with van der Waals surface area (Å²) < 4.78 is 0. The van der Waals surface area contributed by atoms with Crippen LogP contribution >= 0.6 is 0 Å². The monoisotopic (exact) mass is 166 g/mol. The van der Waals surface area contributed by atoms with Crippen LogP contribution in [0.5, 0.6) is 0 Å². The Morgan fingerprint density at radius 2 is 1.92 bits per heavy atom. The van der Waals surface area contributed by atoms with E-state index in [2.05, 4.69) is 40.5 Å². The van der Waals surface area contributed by atoms with E-state index in [-0.39, 0.29) is 0 Å². The van der Waals surface area contributed by atoms with Gasteiger partial charge in [0.05, 0.1) is 0 Å². The van der Waals surface area contributed by atoms with Gasteiger partial charge in [0.1, 0.15) is 0 Å². The third-order valence-electron chi connectivity index (χ3n) is 2.93. The standard InChI is InChI=1S/C10H18.C2H4/c1-5-9-8(2)6-7-10(9,3)4;1-2/h9H,2,5-7H2,1,3-4H3;1-2H2. The molecule has 0 bridgehead atoms. The van der Waals surface area contributed by atoms with E-state index < -0.39 is 0 Å². The summed E-state index contributed by atoms with van der Waals surface area (Å²) in [5.41, 5.74) is 2.01. The van der Waals surface area contributed by atoms with Gasteiger partial charge in [-0.2, -0.15) is 0 Å². The number of allylic oxidation sites excluding steroid dienone is 1. The van der Waals surface area contributed by atoms with Gasteiger partial charge in [0, 0.05) is 0 Å². The Bertz CT molecular complexity index is 153. The molecule has 0 aromatic heterocycles. The van der Waals surface area contributed by atoms with Crippen LogP contribution in [0.2, 0.25) is 0 Å². The molecule has 0 nitrogen and oxygen atoms in total.